The number of anilines is 1. The molecule has 2 unspecified atom stereocenters. The van der Waals surface area contributed by atoms with Crippen LogP contribution in [0.4, 0.5) is 10.1 Å². The van der Waals surface area contributed by atoms with Crippen molar-refractivity contribution in [1.29, 1.82) is 0 Å². The van der Waals surface area contributed by atoms with E-state index in [-0.39, 0.29) is 11.3 Å². The van der Waals surface area contributed by atoms with Gasteiger partial charge in [0, 0.05) is 5.56 Å². The van der Waals surface area contributed by atoms with Crippen molar-refractivity contribution in [3.05, 3.63) is 29.6 Å². The van der Waals surface area contributed by atoms with Crippen LogP contribution in [0.3, 0.4) is 0 Å². The lowest BCUT2D eigenvalue weighted by atomic mass is 10.0. The smallest absolute Gasteiger partial charge is 0.308 e. The molecule has 17 heavy (non-hydrogen) atoms. The maximum atomic E-state index is 13.1. The van der Waals surface area contributed by atoms with E-state index in [1.807, 2.05) is 0 Å². The molecule has 0 radical (unpaired) electrons. The minimum absolute atomic E-state index is 0.0430. The van der Waals surface area contributed by atoms with Gasteiger partial charge in [-0.2, -0.15) is 0 Å². The summed E-state index contributed by atoms with van der Waals surface area (Å²) in [6, 6.07) is 3.87. The van der Waals surface area contributed by atoms with Crippen LogP contribution in [0.5, 0.6) is 0 Å². The minimum atomic E-state index is -1.44. The first-order chi connectivity index (χ1) is 7.97. The number of benzene rings is 1. The summed E-state index contributed by atoms with van der Waals surface area (Å²) in [5.41, 5.74) is 5.22. The molecular weight excluding hydrogens is 229 g/mol. The Kier molecular flexibility index (Phi) is 4.42. The molecule has 0 fully saturated rings. The number of carbonyl (C=O) groups excluding carboxylic acids is 1. The van der Waals surface area contributed by atoms with E-state index in [4.69, 9.17) is 5.73 Å². The van der Waals surface area contributed by atoms with Crippen LogP contribution in [0.15, 0.2) is 18.2 Å². The predicted octanol–water partition coefficient (Wildman–Crippen LogP) is 0.365. The van der Waals surface area contributed by atoms with Gasteiger partial charge in [-0.15, -0.1) is 0 Å². The molecule has 6 heteroatoms. The summed E-state index contributed by atoms with van der Waals surface area (Å²) >= 11 is 0. The Bertz CT molecular complexity index is 410. The second-order valence-corrected chi connectivity index (χ2v) is 3.54. The number of halogens is 1. The highest BCUT2D eigenvalue weighted by atomic mass is 19.1. The molecule has 0 heterocycles. The molecule has 2 atom stereocenters. The van der Waals surface area contributed by atoms with E-state index in [2.05, 4.69) is 4.74 Å². The molecule has 0 amide bonds. The summed E-state index contributed by atoms with van der Waals surface area (Å²) in [7, 11) is 1.16. The van der Waals surface area contributed by atoms with Crippen molar-refractivity contribution in [2.45, 2.75) is 18.6 Å². The van der Waals surface area contributed by atoms with Crippen LogP contribution in [0.25, 0.3) is 0 Å². The Morgan fingerprint density at radius 3 is 2.76 bits per heavy atom. The first-order valence-electron chi connectivity index (χ1n) is 4.94. The number of hydrogen-bond acceptors (Lipinski definition) is 5. The van der Waals surface area contributed by atoms with E-state index in [1.165, 1.54) is 12.1 Å². The number of rotatable bonds is 4. The maximum absolute atomic E-state index is 13.1. The van der Waals surface area contributed by atoms with Gasteiger partial charge in [0.2, 0.25) is 0 Å². The van der Waals surface area contributed by atoms with E-state index < -0.39 is 30.4 Å². The molecule has 0 saturated carbocycles. The molecular formula is C11H14FNO4. The molecule has 0 spiro atoms. The fraction of sp³-hybridized carbons (Fsp3) is 0.364. The third kappa shape index (κ3) is 3.15. The summed E-state index contributed by atoms with van der Waals surface area (Å²) in [5.74, 6) is -1.36. The van der Waals surface area contributed by atoms with Gasteiger partial charge in [-0.25, -0.2) is 4.39 Å². The zero-order chi connectivity index (χ0) is 13.0. The molecule has 4 N–H and O–H groups in total. The molecule has 94 valence electrons. The largest absolute Gasteiger partial charge is 0.469 e. The van der Waals surface area contributed by atoms with Crippen LogP contribution in [-0.2, 0) is 9.53 Å². The first kappa shape index (κ1) is 13.4. The second-order valence-electron chi connectivity index (χ2n) is 3.54. The highest BCUT2D eigenvalue weighted by Crippen LogP contribution is 2.26. The monoisotopic (exact) mass is 243 g/mol. The topological polar surface area (TPSA) is 92.8 Å². The van der Waals surface area contributed by atoms with Gasteiger partial charge in [0.15, 0.2) is 0 Å². The van der Waals surface area contributed by atoms with Crippen LogP contribution >= 0.6 is 0 Å². The molecule has 0 bridgehead atoms. The van der Waals surface area contributed by atoms with Crippen molar-refractivity contribution in [3.63, 3.8) is 0 Å². The molecule has 5 nitrogen and oxygen atoms in total. The Morgan fingerprint density at radius 1 is 1.53 bits per heavy atom. The SMILES string of the molecule is COC(=O)CC(O)C(O)c1cccc(F)c1N. The second kappa shape index (κ2) is 5.60. The van der Waals surface area contributed by atoms with E-state index >= 15 is 0 Å². The Balaban J connectivity index is 2.85. The van der Waals surface area contributed by atoms with Crippen LogP contribution in [0, 0.1) is 5.82 Å². The number of carbonyl (C=O) groups is 1. The average Bonchev–Trinajstić information content (AvgIpc) is 2.31. The Morgan fingerprint density at radius 2 is 2.18 bits per heavy atom. The zero-order valence-corrected chi connectivity index (χ0v) is 9.26. The average molecular weight is 243 g/mol. The summed E-state index contributed by atoms with van der Waals surface area (Å²) in [6.07, 6.45) is -3.23. The zero-order valence-electron chi connectivity index (χ0n) is 9.26. The van der Waals surface area contributed by atoms with Crippen molar-refractivity contribution >= 4 is 11.7 Å². The van der Waals surface area contributed by atoms with E-state index in [1.54, 1.807) is 0 Å². The third-order valence-electron chi connectivity index (χ3n) is 2.37. The van der Waals surface area contributed by atoms with Gasteiger partial charge in [0.05, 0.1) is 25.3 Å². The van der Waals surface area contributed by atoms with Gasteiger partial charge in [-0.05, 0) is 6.07 Å². The van der Waals surface area contributed by atoms with Gasteiger partial charge in [0.25, 0.3) is 0 Å². The Labute approximate surface area is 97.6 Å². The van der Waals surface area contributed by atoms with Crippen LogP contribution in [0.1, 0.15) is 18.1 Å². The molecule has 0 aliphatic carbocycles. The minimum Gasteiger partial charge on any atom is -0.469 e. The quantitative estimate of drug-likeness (QED) is 0.524. The van der Waals surface area contributed by atoms with Gasteiger partial charge < -0.3 is 20.7 Å². The molecule has 0 saturated heterocycles. The number of aliphatic hydroxyl groups excluding tert-OH is 2. The highest BCUT2D eigenvalue weighted by Gasteiger charge is 2.24. The van der Waals surface area contributed by atoms with Gasteiger partial charge in [-0.1, -0.05) is 12.1 Å². The number of hydrogen-bond donors (Lipinski definition) is 3. The number of ether oxygens (including phenoxy) is 1. The van der Waals surface area contributed by atoms with Crippen LogP contribution in [-0.4, -0.2) is 29.4 Å². The van der Waals surface area contributed by atoms with Crippen molar-refractivity contribution in [2.75, 3.05) is 12.8 Å². The van der Waals surface area contributed by atoms with Crippen LogP contribution < -0.4 is 5.73 Å². The third-order valence-corrected chi connectivity index (χ3v) is 2.37. The standard InChI is InChI=1S/C11H14FNO4/c1-17-9(15)5-8(14)11(16)6-3-2-4-7(12)10(6)13/h2-4,8,11,14,16H,5,13H2,1H3. The van der Waals surface area contributed by atoms with Crippen molar-refractivity contribution in [2.24, 2.45) is 0 Å². The van der Waals surface area contributed by atoms with Crippen molar-refractivity contribution in [1.82, 2.24) is 0 Å². The molecule has 1 rings (SSSR count). The maximum Gasteiger partial charge on any atom is 0.308 e. The Hall–Kier alpha value is -1.66. The summed E-state index contributed by atoms with van der Waals surface area (Å²) in [4.78, 5) is 10.9. The van der Waals surface area contributed by atoms with Gasteiger partial charge in [0.1, 0.15) is 11.9 Å². The number of para-hydroxylation sites is 1. The van der Waals surface area contributed by atoms with Gasteiger partial charge in [-0.3, -0.25) is 4.79 Å². The number of aliphatic hydroxyl groups is 2. The normalized spacial score (nSPS) is 14.1. The van der Waals surface area contributed by atoms with E-state index in [0.717, 1.165) is 13.2 Å². The number of nitrogens with two attached hydrogens (primary N) is 1. The number of nitrogen functional groups attached to an aromatic ring is 1. The summed E-state index contributed by atoms with van der Waals surface area (Å²) in [6.45, 7) is 0. The number of methoxy groups -OCH3 is 1. The van der Waals surface area contributed by atoms with Crippen LogP contribution in [0.2, 0.25) is 0 Å². The number of esters is 1. The molecule has 0 aliphatic heterocycles. The predicted molar refractivity (Wildman–Crippen MR) is 58.4 cm³/mol. The first-order valence-corrected chi connectivity index (χ1v) is 4.94. The molecule has 0 aromatic heterocycles. The van der Waals surface area contributed by atoms with E-state index in [0.29, 0.717) is 0 Å². The lowest BCUT2D eigenvalue weighted by molar-refractivity contribution is -0.144. The fourth-order valence-electron chi connectivity index (χ4n) is 1.38. The molecule has 1 aromatic rings. The lowest BCUT2D eigenvalue weighted by Crippen LogP contribution is -2.23. The van der Waals surface area contributed by atoms with Crippen molar-refractivity contribution < 1.29 is 24.1 Å². The summed E-state index contributed by atoms with van der Waals surface area (Å²) < 4.78 is 17.5. The summed E-state index contributed by atoms with van der Waals surface area (Å²) in [5, 5.41) is 19.3. The molecule has 0 aliphatic rings. The fourth-order valence-corrected chi connectivity index (χ4v) is 1.38. The highest BCUT2D eigenvalue weighted by molar-refractivity contribution is 5.70. The van der Waals surface area contributed by atoms with E-state index in [9.17, 15) is 19.4 Å². The van der Waals surface area contributed by atoms with Crippen molar-refractivity contribution in [3.8, 4) is 0 Å². The lowest BCUT2D eigenvalue weighted by Gasteiger charge is -2.18. The van der Waals surface area contributed by atoms with Gasteiger partial charge >= 0.3 is 5.97 Å². The molecule has 1 aromatic carbocycles.